The Morgan fingerprint density at radius 3 is 2.31 bits per heavy atom. The maximum atomic E-state index is 12.5. The van der Waals surface area contributed by atoms with E-state index in [2.05, 4.69) is 4.98 Å². The Labute approximate surface area is 148 Å². The molecule has 0 fully saturated rings. The van der Waals surface area contributed by atoms with Gasteiger partial charge in [0.1, 0.15) is 11.5 Å². The van der Waals surface area contributed by atoms with E-state index in [4.69, 9.17) is 14.2 Å². The highest BCUT2D eigenvalue weighted by atomic mass is 19.4. The fourth-order valence-corrected chi connectivity index (χ4v) is 1.89. The molecule has 0 saturated carbocycles. The predicted molar refractivity (Wildman–Crippen MR) is 87.1 cm³/mol. The summed E-state index contributed by atoms with van der Waals surface area (Å²) in [5, 5.41) is 0. The van der Waals surface area contributed by atoms with Gasteiger partial charge in [0.05, 0.1) is 12.2 Å². The molecule has 8 heteroatoms. The maximum Gasteiger partial charge on any atom is 0.417 e. The normalized spacial score (nSPS) is 12.3. The summed E-state index contributed by atoms with van der Waals surface area (Å²) in [6.45, 7) is 3.80. The van der Waals surface area contributed by atoms with Crippen molar-refractivity contribution in [1.82, 2.24) is 4.98 Å². The third kappa shape index (κ3) is 5.65. The molecular weight excluding hydrogens is 351 g/mol. The van der Waals surface area contributed by atoms with E-state index in [0.29, 0.717) is 24.3 Å². The molecule has 0 saturated heterocycles. The summed E-state index contributed by atoms with van der Waals surface area (Å²) < 4.78 is 53.3. The van der Waals surface area contributed by atoms with Crippen molar-refractivity contribution in [2.75, 3.05) is 6.61 Å². The van der Waals surface area contributed by atoms with Crippen molar-refractivity contribution in [3.63, 3.8) is 0 Å². The minimum absolute atomic E-state index is 0.0307. The molecule has 1 aromatic heterocycles. The molecule has 0 aliphatic heterocycles. The van der Waals surface area contributed by atoms with Gasteiger partial charge in [-0.3, -0.25) is 0 Å². The van der Waals surface area contributed by atoms with Gasteiger partial charge in [0.2, 0.25) is 5.88 Å². The molecule has 0 aliphatic rings. The number of nitrogens with zero attached hydrogens (tertiary/aromatic N) is 1. The van der Waals surface area contributed by atoms with E-state index in [1.807, 2.05) is 6.92 Å². The van der Waals surface area contributed by atoms with Gasteiger partial charge in [-0.25, -0.2) is 9.78 Å². The van der Waals surface area contributed by atoms with Crippen LogP contribution in [0.4, 0.5) is 13.2 Å². The van der Waals surface area contributed by atoms with Crippen molar-refractivity contribution in [2.24, 2.45) is 0 Å². The Morgan fingerprint density at radius 1 is 1.12 bits per heavy atom. The van der Waals surface area contributed by atoms with Crippen molar-refractivity contribution in [2.45, 2.75) is 32.5 Å². The van der Waals surface area contributed by atoms with Crippen LogP contribution in [0.1, 0.15) is 25.8 Å². The zero-order valence-electron chi connectivity index (χ0n) is 14.2. The minimum Gasteiger partial charge on any atom is -0.479 e. The molecule has 2 aromatic rings. The van der Waals surface area contributed by atoms with Crippen LogP contribution in [0.25, 0.3) is 0 Å². The summed E-state index contributed by atoms with van der Waals surface area (Å²) in [6, 6.07) is 8.28. The van der Waals surface area contributed by atoms with E-state index in [0.717, 1.165) is 18.6 Å². The Balaban J connectivity index is 1.94. The molecule has 0 radical (unpaired) electrons. The molecule has 140 valence electrons. The first-order chi connectivity index (χ1) is 12.3. The largest absolute Gasteiger partial charge is 0.479 e. The van der Waals surface area contributed by atoms with Crippen LogP contribution in [0.3, 0.4) is 0 Å². The fraction of sp³-hybridized carbons (Fsp3) is 0.333. The summed E-state index contributed by atoms with van der Waals surface area (Å²) in [5.41, 5.74) is -0.849. The van der Waals surface area contributed by atoms with Gasteiger partial charge in [-0.05, 0) is 43.7 Å². The van der Waals surface area contributed by atoms with E-state index in [1.54, 1.807) is 31.2 Å². The van der Waals surface area contributed by atoms with E-state index < -0.39 is 23.8 Å². The van der Waals surface area contributed by atoms with Gasteiger partial charge in [-0.15, -0.1) is 0 Å². The molecular formula is C18H18F3NO4. The number of pyridine rings is 1. The Bertz CT molecular complexity index is 715. The molecule has 0 amide bonds. The van der Waals surface area contributed by atoms with E-state index in [9.17, 15) is 18.0 Å². The van der Waals surface area contributed by atoms with Crippen LogP contribution < -0.4 is 9.47 Å². The number of hydrogen-bond acceptors (Lipinski definition) is 5. The molecule has 26 heavy (non-hydrogen) atoms. The molecule has 0 N–H and O–H groups in total. The topological polar surface area (TPSA) is 57.7 Å². The number of rotatable bonds is 7. The van der Waals surface area contributed by atoms with Gasteiger partial charge in [0.25, 0.3) is 0 Å². The summed E-state index contributed by atoms with van der Waals surface area (Å²) in [4.78, 5) is 15.3. The lowest BCUT2D eigenvalue weighted by Crippen LogP contribution is -2.26. The molecule has 2 rings (SSSR count). The number of alkyl halides is 3. The van der Waals surface area contributed by atoms with Crippen LogP contribution in [0.5, 0.6) is 17.4 Å². The van der Waals surface area contributed by atoms with Crippen molar-refractivity contribution >= 4 is 5.97 Å². The number of ether oxygens (including phenoxy) is 3. The smallest absolute Gasteiger partial charge is 0.417 e. The first-order valence-electron chi connectivity index (χ1n) is 7.94. The van der Waals surface area contributed by atoms with Crippen molar-refractivity contribution in [1.29, 1.82) is 0 Å². The van der Waals surface area contributed by atoms with Crippen LogP contribution in [-0.4, -0.2) is 23.7 Å². The average molecular weight is 369 g/mol. The Kier molecular flexibility index (Phi) is 6.43. The highest BCUT2D eigenvalue weighted by Crippen LogP contribution is 2.30. The van der Waals surface area contributed by atoms with Gasteiger partial charge in [0.15, 0.2) is 6.10 Å². The zero-order chi connectivity index (χ0) is 19.2. The lowest BCUT2D eigenvalue weighted by molar-refractivity contribution is -0.151. The number of esters is 1. The molecule has 5 nitrogen and oxygen atoms in total. The van der Waals surface area contributed by atoms with E-state index in [-0.39, 0.29) is 5.88 Å². The first kappa shape index (κ1) is 19.6. The first-order valence-corrected chi connectivity index (χ1v) is 7.94. The lowest BCUT2D eigenvalue weighted by atomic mass is 10.3. The van der Waals surface area contributed by atoms with Crippen molar-refractivity contribution in [3.05, 3.63) is 48.2 Å². The monoisotopic (exact) mass is 369 g/mol. The van der Waals surface area contributed by atoms with Gasteiger partial charge in [0, 0.05) is 12.3 Å². The van der Waals surface area contributed by atoms with Gasteiger partial charge >= 0.3 is 12.1 Å². The Hall–Kier alpha value is -2.77. The maximum absolute atomic E-state index is 12.5. The summed E-state index contributed by atoms with van der Waals surface area (Å²) in [6.07, 6.45) is -3.77. The molecule has 0 aliphatic carbocycles. The number of carbonyl (C=O) groups excluding carboxylic acids is 1. The van der Waals surface area contributed by atoms with Gasteiger partial charge in [-0.2, -0.15) is 13.2 Å². The van der Waals surface area contributed by atoms with Crippen molar-refractivity contribution < 1.29 is 32.2 Å². The third-order valence-corrected chi connectivity index (χ3v) is 3.20. The molecule has 0 spiro atoms. The lowest BCUT2D eigenvalue weighted by Gasteiger charge is -2.14. The van der Waals surface area contributed by atoms with Crippen LogP contribution in [0, 0.1) is 0 Å². The van der Waals surface area contributed by atoms with Crippen LogP contribution in [-0.2, 0) is 15.7 Å². The summed E-state index contributed by atoms with van der Waals surface area (Å²) in [7, 11) is 0. The predicted octanol–water partition coefficient (Wildman–Crippen LogP) is 4.61. The second-order valence-electron chi connectivity index (χ2n) is 5.38. The molecule has 0 bridgehead atoms. The van der Waals surface area contributed by atoms with Crippen LogP contribution in [0.2, 0.25) is 0 Å². The van der Waals surface area contributed by atoms with Gasteiger partial charge in [-0.1, -0.05) is 6.92 Å². The number of hydrogen-bond donors (Lipinski definition) is 0. The minimum atomic E-state index is -4.44. The number of aromatic nitrogens is 1. The highest BCUT2D eigenvalue weighted by molar-refractivity contribution is 5.74. The molecule has 1 aromatic carbocycles. The quantitative estimate of drug-likeness (QED) is 0.667. The highest BCUT2D eigenvalue weighted by Gasteiger charge is 2.30. The molecule has 0 unspecified atom stereocenters. The Morgan fingerprint density at radius 2 is 1.77 bits per heavy atom. The average Bonchev–Trinajstić information content (AvgIpc) is 2.61. The molecule has 1 heterocycles. The van der Waals surface area contributed by atoms with Gasteiger partial charge < -0.3 is 14.2 Å². The second kappa shape index (κ2) is 8.55. The summed E-state index contributed by atoms with van der Waals surface area (Å²) in [5.74, 6) is 0.369. The fourth-order valence-electron chi connectivity index (χ4n) is 1.89. The SMILES string of the molecule is CCCOC(=O)[C@@H](C)Oc1ccc(Oc2ccc(C(F)(F)F)cn2)cc1. The van der Waals surface area contributed by atoms with Crippen LogP contribution >= 0.6 is 0 Å². The van der Waals surface area contributed by atoms with E-state index in [1.165, 1.54) is 0 Å². The number of halogens is 3. The summed E-state index contributed by atoms with van der Waals surface area (Å²) >= 11 is 0. The third-order valence-electron chi connectivity index (χ3n) is 3.20. The van der Waals surface area contributed by atoms with Crippen molar-refractivity contribution in [3.8, 4) is 17.4 Å². The standard InChI is InChI=1S/C18H18F3NO4/c1-3-10-24-17(23)12(2)25-14-5-7-15(8-6-14)26-16-9-4-13(11-22-16)18(19,20)21/h4-9,11-12H,3,10H2,1-2H3/t12-/m1/s1. The zero-order valence-corrected chi connectivity index (χ0v) is 14.2. The molecule has 1 atom stereocenters. The number of carbonyl (C=O) groups is 1. The van der Waals surface area contributed by atoms with E-state index >= 15 is 0 Å². The second-order valence-corrected chi connectivity index (χ2v) is 5.38. The number of benzene rings is 1. The van der Waals surface area contributed by atoms with Crippen LogP contribution in [0.15, 0.2) is 42.6 Å².